The molecule has 1 unspecified atom stereocenters. The third-order valence-electron chi connectivity index (χ3n) is 2.98. The maximum absolute atomic E-state index is 13.6. The average molecular weight is 265 g/mol. The second kappa shape index (κ2) is 5.51. The Bertz CT molecular complexity index is 554. The first kappa shape index (κ1) is 13.1. The molecule has 0 fully saturated rings. The highest BCUT2D eigenvalue weighted by Crippen LogP contribution is 2.24. The van der Waals surface area contributed by atoms with Gasteiger partial charge in [0.15, 0.2) is 0 Å². The molecule has 1 nitrogen and oxygen atoms in total. The SMILES string of the molecule is Cc1ccccc1C(O)Cc1ccc(Cl)cc1F. The molecule has 3 heteroatoms. The molecule has 0 bridgehead atoms. The third-order valence-corrected chi connectivity index (χ3v) is 3.21. The molecular weight excluding hydrogens is 251 g/mol. The molecule has 0 aliphatic heterocycles. The zero-order chi connectivity index (χ0) is 13.1. The predicted molar refractivity (Wildman–Crippen MR) is 71.3 cm³/mol. The van der Waals surface area contributed by atoms with Gasteiger partial charge in [-0.3, -0.25) is 0 Å². The summed E-state index contributed by atoms with van der Waals surface area (Å²) in [6.07, 6.45) is -0.463. The van der Waals surface area contributed by atoms with E-state index < -0.39 is 6.10 Å². The topological polar surface area (TPSA) is 20.2 Å². The van der Waals surface area contributed by atoms with E-state index in [1.807, 2.05) is 31.2 Å². The van der Waals surface area contributed by atoms with Crippen molar-refractivity contribution in [2.75, 3.05) is 0 Å². The van der Waals surface area contributed by atoms with E-state index in [0.717, 1.165) is 11.1 Å². The molecule has 0 saturated carbocycles. The van der Waals surface area contributed by atoms with Crippen molar-refractivity contribution in [3.63, 3.8) is 0 Å². The van der Waals surface area contributed by atoms with Gasteiger partial charge in [-0.15, -0.1) is 0 Å². The van der Waals surface area contributed by atoms with Crippen LogP contribution >= 0.6 is 11.6 Å². The number of hydrogen-bond acceptors (Lipinski definition) is 1. The molecule has 0 radical (unpaired) electrons. The molecule has 2 aromatic rings. The van der Waals surface area contributed by atoms with Crippen LogP contribution in [0.4, 0.5) is 4.39 Å². The molecule has 94 valence electrons. The fraction of sp³-hybridized carbons (Fsp3) is 0.200. The van der Waals surface area contributed by atoms with Crippen LogP contribution in [0, 0.1) is 12.7 Å². The minimum atomic E-state index is -0.707. The Labute approximate surface area is 111 Å². The fourth-order valence-corrected chi connectivity index (χ4v) is 2.12. The minimum absolute atomic E-state index is 0.244. The van der Waals surface area contributed by atoms with Crippen LogP contribution < -0.4 is 0 Å². The number of aryl methyl sites for hydroxylation is 1. The second-order valence-electron chi connectivity index (χ2n) is 4.31. The van der Waals surface area contributed by atoms with Gasteiger partial charge in [0.1, 0.15) is 5.82 Å². The predicted octanol–water partition coefficient (Wildman–Crippen LogP) is 4.06. The Balaban J connectivity index is 2.21. The van der Waals surface area contributed by atoms with E-state index in [9.17, 15) is 9.50 Å². The Morgan fingerprint density at radius 1 is 1.22 bits per heavy atom. The first-order valence-electron chi connectivity index (χ1n) is 5.75. The Morgan fingerprint density at radius 2 is 1.94 bits per heavy atom. The van der Waals surface area contributed by atoms with Gasteiger partial charge in [0.2, 0.25) is 0 Å². The van der Waals surface area contributed by atoms with Crippen molar-refractivity contribution in [1.82, 2.24) is 0 Å². The van der Waals surface area contributed by atoms with E-state index in [0.29, 0.717) is 10.6 Å². The lowest BCUT2D eigenvalue weighted by Crippen LogP contribution is -2.05. The quantitative estimate of drug-likeness (QED) is 0.886. The summed E-state index contributed by atoms with van der Waals surface area (Å²) in [5, 5.41) is 10.5. The summed E-state index contributed by atoms with van der Waals surface area (Å²) in [6, 6.07) is 12.1. The molecule has 0 amide bonds. The van der Waals surface area contributed by atoms with Crippen molar-refractivity contribution in [3.05, 3.63) is 70.0 Å². The number of rotatable bonds is 3. The Morgan fingerprint density at radius 3 is 2.61 bits per heavy atom. The molecule has 1 atom stereocenters. The van der Waals surface area contributed by atoms with Crippen molar-refractivity contribution in [2.24, 2.45) is 0 Å². The molecule has 0 aromatic heterocycles. The molecule has 18 heavy (non-hydrogen) atoms. The van der Waals surface area contributed by atoms with Crippen LogP contribution in [0.15, 0.2) is 42.5 Å². The van der Waals surface area contributed by atoms with Crippen molar-refractivity contribution in [3.8, 4) is 0 Å². The maximum atomic E-state index is 13.6. The van der Waals surface area contributed by atoms with Crippen molar-refractivity contribution in [2.45, 2.75) is 19.4 Å². The largest absolute Gasteiger partial charge is 0.388 e. The lowest BCUT2D eigenvalue weighted by molar-refractivity contribution is 0.176. The van der Waals surface area contributed by atoms with Crippen molar-refractivity contribution in [1.29, 1.82) is 0 Å². The van der Waals surface area contributed by atoms with Gasteiger partial charge in [0.25, 0.3) is 0 Å². The van der Waals surface area contributed by atoms with E-state index in [4.69, 9.17) is 11.6 Å². The molecular formula is C15H14ClFO. The normalized spacial score (nSPS) is 12.4. The van der Waals surface area contributed by atoms with Gasteiger partial charge in [-0.05, 0) is 35.7 Å². The lowest BCUT2D eigenvalue weighted by Gasteiger charge is -2.14. The number of hydrogen-bond donors (Lipinski definition) is 1. The van der Waals surface area contributed by atoms with Gasteiger partial charge >= 0.3 is 0 Å². The van der Waals surface area contributed by atoms with Crippen molar-refractivity contribution >= 4 is 11.6 Å². The highest BCUT2D eigenvalue weighted by molar-refractivity contribution is 6.30. The monoisotopic (exact) mass is 264 g/mol. The maximum Gasteiger partial charge on any atom is 0.127 e. The molecule has 0 spiro atoms. The number of aliphatic hydroxyl groups is 1. The number of benzene rings is 2. The van der Waals surface area contributed by atoms with Crippen molar-refractivity contribution < 1.29 is 9.50 Å². The number of aliphatic hydroxyl groups excluding tert-OH is 1. The Hall–Kier alpha value is -1.38. The van der Waals surface area contributed by atoms with Crippen LogP contribution in [0.3, 0.4) is 0 Å². The minimum Gasteiger partial charge on any atom is -0.388 e. The summed E-state index contributed by atoms with van der Waals surface area (Å²) in [5.41, 5.74) is 2.29. The molecule has 0 aliphatic carbocycles. The summed E-state index contributed by atoms with van der Waals surface area (Å²) in [4.78, 5) is 0. The fourth-order valence-electron chi connectivity index (χ4n) is 1.97. The molecule has 0 aliphatic rings. The standard InChI is InChI=1S/C15H14ClFO/c1-10-4-2-3-5-13(10)15(18)8-11-6-7-12(16)9-14(11)17/h2-7,9,15,18H,8H2,1H3. The first-order chi connectivity index (χ1) is 8.58. The van der Waals surface area contributed by atoms with Crippen LogP contribution in [-0.4, -0.2) is 5.11 Å². The molecule has 1 N–H and O–H groups in total. The summed E-state index contributed by atoms with van der Waals surface area (Å²) >= 11 is 5.69. The van der Waals surface area contributed by atoms with Crippen LogP contribution in [0.25, 0.3) is 0 Å². The molecule has 2 aromatic carbocycles. The van der Waals surface area contributed by atoms with Gasteiger partial charge < -0.3 is 5.11 Å². The molecule has 0 saturated heterocycles. The zero-order valence-corrected chi connectivity index (χ0v) is 10.8. The Kier molecular flexibility index (Phi) is 4.00. The van der Waals surface area contributed by atoms with E-state index in [-0.39, 0.29) is 12.2 Å². The zero-order valence-electron chi connectivity index (χ0n) is 10.0. The third kappa shape index (κ3) is 2.89. The van der Waals surface area contributed by atoms with Crippen LogP contribution in [0.5, 0.6) is 0 Å². The van der Waals surface area contributed by atoms with Gasteiger partial charge in [-0.25, -0.2) is 4.39 Å². The second-order valence-corrected chi connectivity index (χ2v) is 4.75. The summed E-state index contributed by atoms with van der Waals surface area (Å²) in [6.45, 7) is 1.93. The first-order valence-corrected chi connectivity index (χ1v) is 6.13. The van der Waals surface area contributed by atoms with E-state index in [1.165, 1.54) is 6.07 Å². The average Bonchev–Trinajstić information content (AvgIpc) is 2.33. The van der Waals surface area contributed by atoms with Gasteiger partial charge in [0.05, 0.1) is 6.10 Å². The summed E-state index contributed by atoms with van der Waals surface area (Å²) in [5.74, 6) is -0.380. The summed E-state index contributed by atoms with van der Waals surface area (Å²) < 4.78 is 13.6. The summed E-state index contributed by atoms with van der Waals surface area (Å²) in [7, 11) is 0. The van der Waals surface area contributed by atoms with E-state index in [1.54, 1.807) is 12.1 Å². The van der Waals surface area contributed by atoms with Crippen LogP contribution in [-0.2, 0) is 6.42 Å². The van der Waals surface area contributed by atoms with E-state index in [2.05, 4.69) is 0 Å². The van der Waals surface area contributed by atoms with Gasteiger partial charge in [-0.1, -0.05) is 41.9 Å². The molecule has 2 rings (SSSR count). The highest BCUT2D eigenvalue weighted by atomic mass is 35.5. The van der Waals surface area contributed by atoms with Crippen LogP contribution in [0.2, 0.25) is 5.02 Å². The smallest absolute Gasteiger partial charge is 0.127 e. The number of halogens is 2. The van der Waals surface area contributed by atoms with Gasteiger partial charge in [-0.2, -0.15) is 0 Å². The van der Waals surface area contributed by atoms with E-state index >= 15 is 0 Å². The highest BCUT2D eigenvalue weighted by Gasteiger charge is 2.13. The van der Waals surface area contributed by atoms with Crippen LogP contribution in [0.1, 0.15) is 22.8 Å². The lowest BCUT2D eigenvalue weighted by atomic mass is 9.97. The molecule has 0 heterocycles. The van der Waals surface area contributed by atoms with Gasteiger partial charge in [0, 0.05) is 11.4 Å².